The van der Waals surface area contributed by atoms with Gasteiger partial charge in [0.05, 0.1) is 0 Å². The van der Waals surface area contributed by atoms with Crippen molar-refractivity contribution in [3.63, 3.8) is 0 Å². The van der Waals surface area contributed by atoms with Crippen LogP contribution in [0.1, 0.15) is 36.2 Å². The summed E-state index contributed by atoms with van der Waals surface area (Å²) in [4.78, 5) is 36.8. The molecule has 2 rings (SSSR count). The second-order valence-corrected chi connectivity index (χ2v) is 7.25. The Hall–Kier alpha value is -3.22. The molecular formula is C22H25FN2O4. The van der Waals surface area contributed by atoms with Gasteiger partial charge in [0.15, 0.2) is 0 Å². The highest BCUT2D eigenvalue weighted by molar-refractivity contribution is 5.98. The average molecular weight is 400 g/mol. The predicted octanol–water partition coefficient (Wildman–Crippen LogP) is 2.78. The first-order valence-electron chi connectivity index (χ1n) is 9.39. The molecule has 0 aliphatic carbocycles. The monoisotopic (exact) mass is 400 g/mol. The molecule has 29 heavy (non-hydrogen) atoms. The van der Waals surface area contributed by atoms with E-state index in [9.17, 15) is 23.9 Å². The molecule has 0 saturated carbocycles. The van der Waals surface area contributed by atoms with Gasteiger partial charge in [-0.15, -0.1) is 0 Å². The minimum atomic E-state index is -1.13. The zero-order valence-electron chi connectivity index (χ0n) is 16.4. The van der Waals surface area contributed by atoms with Crippen molar-refractivity contribution < 1.29 is 23.9 Å². The molecule has 2 aromatic carbocycles. The Morgan fingerprint density at radius 1 is 0.931 bits per heavy atom. The zero-order chi connectivity index (χ0) is 21.4. The van der Waals surface area contributed by atoms with Crippen molar-refractivity contribution in [1.29, 1.82) is 0 Å². The van der Waals surface area contributed by atoms with Gasteiger partial charge in [0.2, 0.25) is 5.91 Å². The number of aliphatic carboxylic acids is 1. The maximum Gasteiger partial charge on any atom is 0.326 e. The lowest BCUT2D eigenvalue weighted by Crippen LogP contribution is -2.52. The number of amides is 2. The van der Waals surface area contributed by atoms with E-state index < -0.39 is 35.7 Å². The maximum atomic E-state index is 13.1. The number of carboxylic acid groups (broad SMARTS) is 1. The fourth-order valence-corrected chi connectivity index (χ4v) is 2.87. The van der Waals surface area contributed by atoms with E-state index in [-0.39, 0.29) is 24.3 Å². The van der Waals surface area contributed by atoms with Crippen molar-refractivity contribution in [3.8, 4) is 0 Å². The number of hydrogen-bond donors (Lipinski definition) is 3. The topological polar surface area (TPSA) is 95.5 Å². The summed E-state index contributed by atoms with van der Waals surface area (Å²) in [5, 5.41) is 14.5. The number of hydrogen-bond acceptors (Lipinski definition) is 3. The summed E-state index contributed by atoms with van der Waals surface area (Å²) >= 11 is 0. The van der Waals surface area contributed by atoms with E-state index in [4.69, 9.17) is 0 Å². The van der Waals surface area contributed by atoms with Gasteiger partial charge >= 0.3 is 5.97 Å². The molecular weight excluding hydrogens is 375 g/mol. The summed E-state index contributed by atoms with van der Waals surface area (Å²) in [5.74, 6) is -2.67. The summed E-state index contributed by atoms with van der Waals surface area (Å²) in [7, 11) is 0. The molecule has 0 radical (unpaired) electrons. The van der Waals surface area contributed by atoms with Crippen molar-refractivity contribution in [2.75, 3.05) is 0 Å². The quantitative estimate of drug-likeness (QED) is 0.603. The predicted molar refractivity (Wildman–Crippen MR) is 107 cm³/mol. The highest BCUT2D eigenvalue weighted by atomic mass is 19.1. The van der Waals surface area contributed by atoms with Gasteiger partial charge in [0, 0.05) is 12.0 Å². The second kappa shape index (κ2) is 10.4. The zero-order valence-corrected chi connectivity index (χ0v) is 16.4. The van der Waals surface area contributed by atoms with Crippen molar-refractivity contribution in [2.24, 2.45) is 5.92 Å². The largest absolute Gasteiger partial charge is 0.480 e. The van der Waals surface area contributed by atoms with Crippen LogP contribution in [-0.4, -0.2) is 35.0 Å². The van der Waals surface area contributed by atoms with Crippen LogP contribution >= 0.6 is 0 Å². The lowest BCUT2D eigenvalue weighted by molar-refractivity contribution is -0.142. The van der Waals surface area contributed by atoms with E-state index in [1.54, 1.807) is 0 Å². The molecule has 2 aromatic rings. The maximum absolute atomic E-state index is 13.1. The molecule has 0 aliphatic rings. The molecule has 154 valence electrons. The third kappa shape index (κ3) is 7.03. The molecule has 2 amide bonds. The summed E-state index contributed by atoms with van der Waals surface area (Å²) < 4.78 is 13.1. The molecule has 6 nitrogen and oxygen atoms in total. The van der Waals surface area contributed by atoms with Gasteiger partial charge in [0.1, 0.15) is 17.9 Å². The first-order valence-corrected chi connectivity index (χ1v) is 9.39. The smallest absolute Gasteiger partial charge is 0.326 e. The van der Waals surface area contributed by atoms with Crippen LogP contribution in [0.3, 0.4) is 0 Å². The van der Waals surface area contributed by atoms with E-state index in [0.717, 1.165) is 17.7 Å². The number of carbonyl (C=O) groups is 3. The van der Waals surface area contributed by atoms with Gasteiger partial charge in [-0.1, -0.05) is 44.2 Å². The highest BCUT2D eigenvalue weighted by Crippen LogP contribution is 2.09. The van der Waals surface area contributed by atoms with Crippen LogP contribution in [0.15, 0.2) is 54.6 Å². The van der Waals surface area contributed by atoms with Gasteiger partial charge in [-0.3, -0.25) is 9.59 Å². The number of carboxylic acids is 1. The van der Waals surface area contributed by atoms with Gasteiger partial charge in [-0.25, -0.2) is 9.18 Å². The van der Waals surface area contributed by atoms with E-state index in [0.29, 0.717) is 0 Å². The Morgan fingerprint density at radius 2 is 1.55 bits per heavy atom. The minimum Gasteiger partial charge on any atom is -0.480 e. The molecule has 0 heterocycles. The van der Waals surface area contributed by atoms with E-state index in [1.165, 1.54) is 12.1 Å². The van der Waals surface area contributed by atoms with Crippen LogP contribution in [0.5, 0.6) is 0 Å². The minimum absolute atomic E-state index is 0.0674. The van der Waals surface area contributed by atoms with Crippen LogP contribution < -0.4 is 10.6 Å². The first kappa shape index (κ1) is 22.1. The Bertz CT molecular complexity index is 838. The van der Waals surface area contributed by atoms with E-state index in [1.807, 2.05) is 44.2 Å². The summed E-state index contributed by atoms with van der Waals surface area (Å²) in [6, 6.07) is 12.0. The van der Waals surface area contributed by atoms with Crippen molar-refractivity contribution in [2.45, 2.75) is 38.8 Å². The number of benzene rings is 2. The van der Waals surface area contributed by atoms with Gasteiger partial charge in [-0.2, -0.15) is 0 Å². The molecule has 2 atom stereocenters. The summed E-state index contributed by atoms with van der Waals surface area (Å²) in [6.45, 7) is 3.72. The van der Waals surface area contributed by atoms with Crippen molar-refractivity contribution in [3.05, 3.63) is 71.5 Å². The van der Waals surface area contributed by atoms with Crippen LogP contribution in [0.4, 0.5) is 4.39 Å². The molecule has 0 fully saturated rings. The third-order valence-electron chi connectivity index (χ3n) is 4.33. The summed E-state index contributed by atoms with van der Waals surface area (Å²) in [5.41, 5.74) is 1.01. The number of halogens is 1. The van der Waals surface area contributed by atoms with E-state index >= 15 is 0 Å². The fraction of sp³-hybridized carbons (Fsp3) is 0.318. The Morgan fingerprint density at radius 3 is 2.10 bits per heavy atom. The molecule has 0 aromatic heterocycles. The number of rotatable bonds is 9. The standard InChI is InChI=1S/C22H25FN2O4/c1-14(2)12-19(22(28)29)25-21(27)18(13-15-6-4-3-5-7-15)24-20(26)16-8-10-17(23)11-9-16/h3-11,14,18-19H,12-13H2,1-2H3,(H,24,26)(H,25,27)(H,28,29). The molecule has 0 spiro atoms. The average Bonchev–Trinajstić information content (AvgIpc) is 2.67. The Kier molecular flexibility index (Phi) is 7.88. The number of carbonyl (C=O) groups excluding carboxylic acids is 2. The van der Waals surface area contributed by atoms with Crippen LogP contribution in [0, 0.1) is 11.7 Å². The normalized spacial score (nSPS) is 12.8. The van der Waals surface area contributed by atoms with Crippen molar-refractivity contribution in [1.82, 2.24) is 10.6 Å². The van der Waals surface area contributed by atoms with Gasteiger partial charge in [0.25, 0.3) is 5.91 Å². The lowest BCUT2D eigenvalue weighted by atomic mass is 10.0. The van der Waals surface area contributed by atoms with Crippen molar-refractivity contribution >= 4 is 17.8 Å². The Balaban J connectivity index is 2.19. The van der Waals surface area contributed by atoms with Gasteiger partial charge < -0.3 is 15.7 Å². The number of nitrogens with one attached hydrogen (secondary N) is 2. The molecule has 2 unspecified atom stereocenters. The van der Waals surface area contributed by atoms with E-state index in [2.05, 4.69) is 10.6 Å². The molecule has 7 heteroatoms. The Labute approximate surface area is 169 Å². The van der Waals surface area contributed by atoms with Crippen LogP contribution in [-0.2, 0) is 16.0 Å². The second-order valence-electron chi connectivity index (χ2n) is 7.25. The van der Waals surface area contributed by atoms with Gasteiger partial charge in [-0.05, 0) is 42.2 Å². The molecule has 3 N–H and O–H groups in total. The highest BCUT2D eigenvalue weighted by Gasteiger charge is 2.27. The molecule has 0 aliphatic heterocycles. The molecule has 0 saturated heterocycles. The SMILES string of the molecule is CC(C)CC(NC(=O)C(Cc1ccccc1)NC(=O)c1ccc(F)cc1)C(=O)O. The summed E-state index contributed by atoms with van der Waals surface area (Å²) in [6.07, 6.45) is 0.457. The molecule has 0 bridgehead atoms. The lowest BCUT2D eigenvalue weighted by Gasteiger charge is -2.22. The van der Waals surface area contributed by atoms with Crippen LogP contribution in [0.2, 0.25) is 0 Å². The fourth-order valence-electron chi connectivity index (χ4n) is 2.87. The third-order valence-corrected chi connectivity index (χ3v) is 4.33. The van der Waals surface area contributed by atoms with Crippen LogP contribution in [0.25, 0.3) is 0 Å². The first-order chi connectivity index (χ1) is 13.8.